The van der Waals surface area contributed by atoms with E-state index < -0.39 is 11.6 Å². The first-order valence-corrected chi connectivity index (χ1v) is 6.13. The minimum Gasteiger partial charge on any atom is -0.496 e. The molecule has 1 aromatic heterocycles. The summed E-state index contributed by atoms with van der Waals surface area (Å²) in [6.07, 6.45) is 0. The van der Waals surface area contributed by atoms with Crippen molar-refractivity contribution in [1.82, 2.24) is 10.1 Å². The molecule has 2 rings (SSSR count). The van der Waals surface area contributed by atoms with E-state index in [9.17, 15) is 8.78 Å². The van der Waals surface area contributed by atoms with Gasteiger partial charge in [0.1, 0.15) is 5.75 Å². The fraction of sp³-hybridized carbons (Fsp3) is 0.357. The summed E-state index contributed by atoms with van der Waals surface area (Å²) in [6, 6.07) is 4.27. The maximum absolute atomic E-state index is 13.8. The van der Waals surface area contributed by atoms with Crippen LogP contribution in [0.4, 0.5) is 8.78 Å². The molecule has 1 aromatic carbocycles. The molecule has 6 heteroatoms. The van der Waals surface area contributed by atoms with E-state index >= 15 is 0 Å². The molecule has 0 bridgehead atoms. The zero-order valence-electron chi connectivity index (χ0n) is 11.6. The lowest BCUT2D eigenvalue weighted by Gasteiger charge is -2.17. The Labute approximate surface area is 115 Å². The largest absolute Gasteiger partial charge is 0.496 e. The van der Waals surface area contributed by atoms with Crippen LogP contribution in [-0.4, -0.2) is 24.2 Å². The van der Waals surface area contributed by atoms with E-state index in [1.165, 1.54) is 13.2 Å². The van der Waals surface area contributed by atoms with Crippen LogP contribution in [0.25, 0.3) is 0 Å². The predicted octanol–water partition coefficient (Wildman–Crippen LogP) is 2.90. The zero-order valence-corrected chi connectivity index (χ0v) is 11.6. The average molecular weight is 282 g/mol. The van der Waals surface area contributed by atoms with Crippen molar-refractivity contribution in [2.45, 2.75) is 20.0 Å². The molecule has 0 spiro atoms. The van der Waals surface area contributed by atoms with Crippen LogP contribution in [0.5, 0.6) is 5.75 Å². The van der Waals surface area contributed by atoms with Crippen molar-refractivity contribution in [3.8, 4) is 5.75 Å². The van der Waals surface area contributed by atoms with Gasteiger partial charge in [0.05, 0.1) is 19.3 Å². The number of hydrogen-bond donors (Lipinski definition) is 0. The lowest BCUT2D eigenvalue weighted by molar-refractivity contribution is 0.258. The Morgan fingerprint density at radius 3 is 2.65 bits per heavy atom. The van der Waals surface area contributed by atoms with Crippen molar-refractivity contribution >= 4 is 0 Å². The number of methoxy groups -OCH3 is 1. The van der Waals surface area contributed by atoms with Gasteiger partial charge in [-0.2, -0.15) is 0 Å². The Morgan fingerprint density at radius 2 is 2.05 bits per heavy atom. The summed E-state index contributed by atoms with van der Waals surface area (Å²) >= 11 is 0. The number of benzene rings is 1. The minimum atomic E-state index is -0.885. The molecule has 0 aliphatic rings. The second-order valence-corrected chi connectivity index (χ2v) is 4.65. The summed E-state index contributed by atoms with van der Waals surface area (Å²) in [5.41, 5.74) is 0.967. The van der Waals surface area contributed by atoms with Crippen molar-refractivity contribution in [2.75, 3.05) is 14.2 Å². The molecule has 108 valence electrons. The minimum absolute atomic E-state index is 0.186. The second kappa shape index (κ2) is 6.00. The van der Waals surface area contributed by atoms with Gasteiger partial charge in [-0.05, 0) is 26.1 Å². The van der Waals surface area contributed by atoms with E-state index in [0.717, 1.165) is 11.8 Å². The van der Waals surface area contributed by atoms with Crippen LogP contribution in [0.15, 0.2) is 22.7 Å². The third kappa shape index (κ3) is 3.14. The van der Waals surface area contributed by atoms with E-state index in [1.54, 1.807) is 18.0 Å². The van der Waals surface area contributed by atoms with Gasteiger partial charge >= 0.3 is 0 Å². The van der Waals surface area contributed by atoms with E-state index in [1.807, 2.05) is 6.92 Å². The molecule has 0 aliphatic carbocycles. The molecule has 0 saturated heterocycles. The quantitative estimate of drug-likeness (QED) is 0.845. The standard InChI is InChI=1S/C14H16F2N2O2/c1-9-6-10(20-17-9)7-18(2)8-11-13(19-3)5-4-12(15)14(11)16/h4-6H,7-8H2,1-3H3. The SMILES string of the molecule is COc1ccc(F)c(F)c1CN(C)Cc1cc(C)no1. The first-order chi connectivity index (χ1) is 9.51. The fourth-order valence-corrected chi connectivity index (χ4v) is 2.00. The van der Waals surface area contributed by atoms with Crippen LogP contribution in [0.1, 0.15) is 17.0 Å². The molecule has 0 unspecified atom stereocenters. The van der Waals surface area contributed by atoms with Crippen molar-refractivity contribution < 1.29 is 18.0 Å². The molecule has 0 radical (unpaired) electrons. The molecule has 0 fully saturated rings. The van der Waals surface area contributed by atoms with E-state index in [2.05, 4.69) is 5.16 Å². The number of nitrogens with zero attached hydrogens (tertiary/aromatic N) is 2. The molecular weight excluding hydrogens is 266 g/mol. The van der Waals surface area contributed by atoms with Gasteiger partial charge in [-0.15, -0.1) is 0 Å². The lowest BCUT2D eigenvalue weighted by Crippen LogP contribution is -2.18. The normalized spacial score (nSPS) is 11.1. The number of aromatic nitrogens is 1. The summed E-state index contributed by atoms with van der Waals surface area (Å²) in [6.45, 7) is 2.47. The summed E-state index contributed by atoms with van der Waals surface area (Å²) in [4.78, 5) is 1.79. The molecule has 4 nitrogen and oxygen atoms in total. The molecule has 0 aliphatic heterocycles. The monoisotopic (exact) mass is 282 g/mol. The van der Waals surface area contributed by atoms with Crippen LogP contribution >= 0.6 is 0 Å². The van der Waals surface area contributed by atoms with Gasteiger partial charge in [-0.25, -0.2) is 8.78 Å². The van der Waals surface area contributed by atoms with Gasteiger partial charge in [0, 0.05) is 18.2 Å². The summed E-state index contributed by atoms with van der Waals surface area (Å²) in [5.74, 6) is -0.778. The molecule has 0 saturated carbocycles. The number of ether oxygens (including phenoxy) is 1. The van der Waals surface area contributed by atoms with Crippen LogP contribution in [0, 0.1) is 18.6 Å². The van der Waals surface area contributed by atoms with Crippen LogP contribution < -0.4 is 4.74 Å². The van der Waals surface area contributed by atoms with Crippen LogP contribution in [0.3, 0.4) is 0 Å². The van der Waals surface area contributed by atoms with Gasteiger partial charge in [0.15, 0.2) is 17.4 Å². The zero-order chi connectivity index (χ0) is 14.7. The van der Waals surface area contributed by atoms with Gasteiger partial charge in [-0.3, -0.25) is 4.90 Å². The Balaban J connectivity index is 2.14. The smallest absolute Gasteiger partial charge is 0.167 e. The Kier molecular flexibility index (Phi) is 4.34. The molecule has 0 atom stereocenters. The molecular formula is C14H16F2N2O2. The Morgan fingerprint density at radius 1 is 1.30 bits per heavy atom. The topological polar surface area (TPSA) is 38.5 Å². The average Bonchev–Trinajstić information content (AvgIpc) is 2.80. The van der Waals surface area contributed by atoms with E-state index in [4.69, 9.17) is 9.26 Å². The molecule has 20 heavy (non-hydrogen) atoms. The molecule has 0 amide bonds. The molecule has 2 aromatic rings. The van der Waals surface area contributed by atoms with E-state index in [-0.39, 0.29) is 12.1 Å². The van der Waals surface area contributed by atoms with Crippen LogP contribution in [-0.2, 0) is 13.1 Å². The van der Waals surface area contributed by atoms with Gasteiger partial charge in [-0.1, -0.05) is 5.16 Å². The first kappa shape index (κ1) is 14.5. The predicted molar refractivity (Wildman–Crippen MR) is 69.3 cm³/mol. The lowest BCUT2D eigenvalue weighted by atomic mass is 10.1. The third-order valence-corrected chi connectivity index (χ3v) is 2.90. The molecule has 1 heterocycles. The van der Waals surface area contributed by atoms with Crippen molar-refractivity contribution in [1.29, 1.82) is 0 Å². The maximum atomic E-state index is 13.8. The first-order valence-electron chi connectivity index (χ1n) is 6.13. The van der Waals surface area contributed by atoms with Crippen molar-refractivity contribution in [2.24, 2.45) is 0 Å². The van der Waals surface area contributed by atoms with E-state index in [0.29, 0.717) is 18.1 Å². The third-order valence-electron chi connectivity index (χ3n) is 2.90. The Hall–Kier alpha value is -1.95. The van der Waals surface area contributed by atoms with Gasteiger partial charge in [0.2, 0.25) is 0 Å². The highest BCUT2D eigenvalue weighted by Gasteiger charge is 2.16. The highest BCUT2D eigenvalue weighted by atomic mass is 19.2. The maximum Gasteiger partial charge on any atom is 0.167 e. The number of rotatable bonds is 5. The summed E-state index contributed by atoms with van der Waals surface area (Å²) in [7, 11) is 3.21. The summed E-state index contributed by atoms with van der Waals surface area (Å²) < 4.78 is 37.3. The fourth-order valence-electron chi connectivity index (χ4n) is 2.00. The number of aryl methyl sites for hydroxylation is 1. The second-order valence-electron chi connectivity index (χ2n) is 4.65. The van der Waals surface area contributed by atoms with Crippen molar-refractivity contribution in [3.05, 3.63) is 46.9 Å². The van der Waals surface area contributed by atoms with Crippen LogP contribution in [0.2, 0.25) is 0 Å². The van der Waals surface area contributed by atoms with Gasteiger partial charge in [0.25, 0.3) is 0 Å². The summed E-state index contributed by atoms with van der Waals surface area (Å²) in [5, 5.41) is 3.78. The highest BCUT2D eigenvalue weighted by Crippen LogP contribution is 2.25. The molecule has 0 N–H and O–H groups in total. The van der Waals surface area contributed by atoms with Gasteiger partial charge < -0.3 is 9.26 Å². The van der Waals surface area contributed by atoms with Crippen molar-refractivity contribution in [3.63, 3.8) is 0 Å². The number of halogens is 2. The Bertz CT molecular complexity index is 599. The highest BCUT2D eigenvalue weighted by molar-refractivity contribution is 5.35. The number of hydrogen-bond acceptors (Lipinski definition) is 4.